The van der Waals surface area contributed by atoms with Gasteiger partial charge in [0.05, 0.1) is 12.7 Å². The number of benzene rings is 1. The monoisotopic (exact) mass is 286 g/mol. The summed E-state index contributed by atoms with van der Waals surface area (Å²) in [6.45, 7) is 2.30. The Morgan fingerprint density at radius 3 is 2.86 bits per heavy atom. The summed E-state index contributed by atoms with van der Waals surface area (Å²) in [5.74, 6) is -0.0882. The van der Waals surface area contributed by atoms with Crippen LogP contribution in [0.25, 0.3) is 10.9 Å². The molecule has 0 radical (unpaired) electrons. The summed E-state index contributed by atoms with van der Waals surface area (Å²) >= 11 is 0. The highest BCUT2D eigenvalue weighted by atomic mass is 16.5. The summed E-state index contributed by atoms with van der Waals surface area (Å²) in [6, 6.07) is 7.52. The first kappa shape index (κ1) is 13.7. The molecule has 2 heterocycles. The fourth-order valence-electron chi connectivity index (χ4n) is 2.88. The number of hydrogen-bond donors (Lipinski definition) is 0. The Labute approximate surface area is 123 Å². The number of aromatic nitrogens is 1. The summed E-state index contributed by atoms with van der Waals surface area (Å²) in [5.41, 5.74) is 1.57. The van der Waals surface area contributed by atoms with Crippen molar-refractivity contribution >= 4 is 22.8 Å². The van der Waals surface area contributed by atoms with E-state index in [1.165, 1.54) is 7.11 Å². The third-order valence-electron chi connectivity index (χ3n) is 4.00. The fourth-order valence-corrected chi connectivity index (χ4v) is 2.88. The zero-order chi connectivity index (χ0) is 14.8. The number of esters is 1. The van der Waals surface area contributed by atoms with Gasteiger partial charge in [-0.25, -0.2) is 4.79 Å². The van der Waals surface area contributed by atoms with Crippen LogP contribution in [0.4, 0.5) is 0 Å². The minimum atomic E-state index is -0.326. The van der Waals surface area contributed by atoms with Crippen LogP contribution in [0.3, 0.4) is 0 Å². The molecule has 1 amide bonds. The molecule has 1 fully saturated rings. The average molecular weight is 286 g/mol. The summed E-state index contributed by atoms with van der Waals surface area (Å²) in [4.78, 5) is 25.3. The quantitative estimate of drug-likeness (QED) is 0.808. The smallest absolute Gasteiger partial charge is 0.338 e. The van der Waals surface area contributed by atoms with E-state index in [0.717, 1.165) is 30.4 Å². The van der Waals surface area contributed by atoms with E-state index >= 15 is 0 Å². The molecule has 1 aromatic heterocycles. The Morgan fingerprint density at radius 2 is 2.14 bits per heavy atom. The molecule has 110 valence electrons. The molecule has 0 atom stereocenters. The number of rotatable bonds is 4. The highest BCUT2D eigenvalue weighted by Crippen LogP contribution is 2.21. The first-order valence-electron chi connectivity index (χ1n) is 7.14. The van der Waals surface area contributed by atoms with Gasteiger partial charge in [-0.05, 0) is 24.6 Å². The first-order chi connectivity index (χ1) is 10.2. The van der Waals surface area contributed by atoms with Gasteiger partial charge in [-0.15, -0.1) is 0 Å². The Kier molecular flexibility index (Phi) is 3.64. The summed E-state index contributed by atoms with van der Waals surface area (Å²) < 4.78 is 6.88. The lowest BCUT2D eigenvalue weighted by Crippen LogP contribution is -2.28. The second-order valence-corrected chi connectivity index (χ2v) is 5.22. The predicted octanol–water partition coefficient (Wildman–Crippen LogP) is 2.05. The van der Waals surface area contributed by atoms with Gasteiger partial charge < -0.3 is 14.2 Å². The number of methoxy groups -OCH3 is 1. The predicted molar refractivity (Wildman–Crippen MR) is 79.1 cm³/mol. The maximum atomic E-state index is 11.8. The molecule has 0 saturated carbocycles. The molecule has 0 unspecified atom stereocenters. The van der Waals surface area contributed by atoms with Gasteiger partial charge in [-0.1, -0.05) is 6.07 Å². The SMILES string of the molecule is COC(=O)c1cccc2c1ccn2CCN1CCCC1=O. The number of carbonyl (C=O) groups is 2. The summed E-state index contributed by atoms with van der Waals surface area (Å²) in [6.07, 6.45) is 3.58. The van der Waals surface area contributed by atoms with Gasteiger partial charge in [0.1, 0.15) is 0 Å². The van der Waals surface area contributed by atoms with E-state index in [4.69, 9.17) is 4.74 Å². The number of carbonyl (C=O) groups excluding carboxylic acids is 2. The van der Waals surface area contributed by atoms with Crippen LogP contribution >= 0.6 is 0 Å². The highest BCUT2D eigenvalue weighted by molar-refractivity contribution is 6.03. The standard InChI is InChI=1S/C16H18N2O3/c1-21-16(20)13-4-2-5-14-12(13)7-9-17(14)10-11-18-8-3-6-15(18)19/h2,4-5,7,9H,3,6,8,10-11H2,1H3. The molecule has 1 aliphatic heterocycles. The molecule has 2 aromatic rings. The van der Waals surface area contributed by atoms with E-state index in [1.54, 1.807) is 6.07 Å². The van der Waals surface area contributed by atoms with Crippen molar-refractivity contribution in [3.05, 3.63) is 36.0 Å². The Bertz CT molecular complexity index is 690. The second-order valence-electron chi connectivity index (χ2n) is 5.22. The number of ether oxygens (including phenoxy) is 1. The number of likely N-dealkylation sites (tertiary alicyclic amines) is 1. The zero-order valence-corrected chi connectivity index (χ0v) is 12.0. The van der Waals surface area contributed by atoms with Gasteiger partial charge in [0.15, 0.2) is 0 Å². The van der Waals surface area contributed by atoms with Crippen molar-refractivity contribution in [1.82, 2.24) is 9.47 Å². The molecular formula is C16H18N2O3. The van der Waals surface area contributed by atoms with Gasteiger partial charge in [0.2, 0.25) is 5.91 Å². The van der Waals surface area contributed by atoms with Crippen LogP contribution in [-0.4, -0.2) is 41.5 Å². The van der Waals surface area contributed by atoms with Crippen LogP contribution in [0.5, 0.6) is 0 Å². The van der Waals surface area contributed by atoms with Crippen molar-refractivity contribution < 1.29 is 14.3 Å². The topological polar surface area (TPSA) is 51.5 Å². The lowest BCUT2D eigenvalue weighted by molar-refractivity contribution is -0.127. The zero-order valence-electron chi connectivity index (χ0n) is 12.0. The number of amides is 1. The van der Waals surface area contributed by atoms with E-state index in [-0.39, 0.29) is 11.9 Å². The Morgan fingerprint density at radius 1 is 1.29 bits per heavy atom. The van der Waals surface area contributed by atoms with Gasteiger partial charge in [-0.2, -0.15) is 0 Å². The normalized spacial score (nSPS) is 14.9. The van der Waals surface area contributed by atoms with Crippen molar-refractivity contribution in [2.75, 3.05) is 20.2 Å². The maximum Gasteiger partial charge on any atom is 0.338 e. The highest BCUT2D eigenvalue weighted by Gasteiger charge is 2.20. The molecule has 5 heteroatoms. The summed E-state index contributed by atoms with van der Waals surface area (Å²) in [5, 5.41) is 0.886. The van der Waals surface area contributed by atoms with Gasteiger partial charge in [0.25, 0.3) is 0 Å². The van der Waals surface area contributed by atoms with Crippen LogP contribution < -0.4 is 0 Å². The molecule has 5 nitrogen and oxygen atoms in total. The van der Waals surface area contributed by atoms with Crippen LogP contribution in [0, 0.1) is 0 Å². The first-order valence-corrected chi connectivity index (χ1v) is 7.14. The van der Waals surface area contributed by atoms with Gasteiger partial charge in [-0.3, -0.25) is 4.79 Å². The van der Waals surface area contributed by atoms with Gasteiger partial charge >= 0.3 is 5.97 Å². The molecule has 0 spiro atoms. The van der Waals surface area contributed by atoms with E-state index in [1.807, 2.05) is 29.3 Å². The van der Waals surface area contributed by atoms with Crippen LogP contribution in [0.15, 0.2) is 30.5 Å². The molecule has 21 heavy (non-hydrogen) atoms. The van der Waals surface area contributed by atoms with Crippen LogP contribution in [0.2, 0.25) is 0 Å². The third kappa shape index (κ3) is 2.51. The molecular weight excluding hydrogens is 268 g/mol. The average Bonchev–Trinajstić information content (AvgIpc) is 3.10. The minimum Gasteiger partial charge on any atom is -0.465 e. The van der Waals surface area contributed by atoms with Crippen molar-refractivity contribution in [2.24, 2.45) is 0 Å². The van der Waals surface area contributed by atoms with Crippen molar-refractivity contribution in [3.63, 3.8) is 0 Å². The maximum absolute atomic E-state index is 11.8. The largest absolute Gasteiger partial charge is 0.465 e. The van der Waals surface area contributed by atoms with Crippen LogP contribution in [-0.2, 0) is 16.1 Å². The van der Waals surface area contributed by atoms with Crippen molar-refractivity contribution in [1.29, 1.82) is 0 Å². The molecule has 0 aliphatic carbocycles. The lowest BCUT2D eigenvalue weighted by Gasteiger charge is -2.16. The van der Waals surface area contributed by atoms with Crippen LogP contribution in [0.1, 0.15) is 23.2 Å². The van der Waals surface area contributed by atoms with E-state index in [2.05, 4.69) is 4.57 Å². The van der Waals surface area contributed by atoms with Crippen molar-refractivity contribution in [2.45, 2.75) is 19.4 Å². The minimum absolute atomic E-state index is 0.238. The molecule has 1 aliphatic rings. The molecule has 1 aromatic carbocycles. The molecule has 0 N–H and O–H groups in total. The Hall–Kier alpha value is -2.30. The molecule has 3 rings (SSSR count). The fraction of sp³-hybridized carbons (Fsp3) is 0.375. The third-order valence-corrected chi connectivity index (χ3v) is 4.00. The second kappa shape index (κ2) is 5.60. The number of fused-ring (bicyclic) bond motifs is 1. The summed E-state index contributed by atoms with van der Waals surface area (Å²) in [7, 11) is 1.39. The van der Waals surface area contributed by atoms with E-state index in [9.17, 15) is 9.59 Å². The number of nitrogens with zero attached hydrogens (tertiary/aromatic N) is 2. The van der Waals surface area contributed by atoms with Crippen molar-refractivity contribution in [3.8, 4) is 0 Å². The van der Waals surface area contributed by atoms with E-state index in [0.29, 0.717) is 18.5 Å². The Balaban J connectivity index is 1.83. The van der Waals surface area contributed by atoms with Gasteiger partial charge in [0, 0.05) is 43.2 Å². The molecule has 1 saturated heterocycles. The van der Waals surface area contributed by atoms with E-state index < -0.39 is 0 Å². The molecule has 0 bridgehead atoms. The number of hydrogen-bond acceptors (Lipinski definition) is 3. The lowest BCUT2D eigenvalue weighted by atomic mass is 10.1.